The summed E-state index contributed by atoms with van der Waals surface area (Å²) in [5, 5.41) is 13.2. The molecule has 0 spiro atoms. The average Bonchev–Trinajstić information content (AvgIpc) is 2.48. The van der Waals surface area contributed by atoms with Crippen LogP contribution in [0, 0.1) is 5.41 Å². The number of hydrogen-bond acceptors (Lipinski definition) is 4. The maximum Gasteiger partial charge on any atom is 0.416 e. The second-order valence-electron chi connectivity index (χ2n) is 6.21. The molecule has 8 heteroatoms. The van der Waals surface area contributed by atoms with E-state index in [9.17, 15) is 18.0 Å². The molecule has 2 rings (SSSR count). The molecule has 1 aromatic heterocycles. The van der Waals surface area contributed by atoms with Gasteiger partial charge >= 0.3 is 6.18 Å². The monoisotopic (exact) mass is 338 g/mol. The van der Waals surface area contributed by atoms with Crippen LogP contribution in [0.3, 0.4) is 0 Å². The Kier molecular flexibility index (Phi) is 4.77. The first-order chi connectivity index (χ1) is 11.1. The maximum absolute atomic E-state index is 12.5. The summed E-state index contributed by atoms with van der Waals surface area (Å²) in [4.78, 5) is 11.8. The van der Waals surface area contributed by atoms with E-state index in [-0.39, 0.29) is 5.91 Å². The Morgan fingerprint density at radius 1 is 0.917 bits per heavy atom. The van der Waals surface area contributed by atoms with Gasteiger partial charge in [0.05, 0.1) is 5.56 Å². The summed E-state index contributed by atoms with van der Waals surface area (Å²) in [5.74, 6) is 0.455. The van der Waals surface area contributed by atoms with Crippen molar-refractivity contribution >= 4 is 23.2 Å². The summed E-state index contributed by atoms with van der Waals surface area (Å²) in [6.07, 6.45) is -4.37. The van der Waals surface area contributed by atoms with E-state index in [1.54, 1.807) is 32.9 Å². The molecular formula is C16H17F3N4O. The Hall–Kier alpha value is -2.64. The third kappa shape index (κ3) is 4.68. The minimum absolute atomic E-state index is 0.194. The number of benzene rings is 1. The van der Waals surface area contributed by atoms with Crippen LogP contribution in [0.15, 0.2) is 36.4 Å². The summed E-state index contributed by atoms with van der Waals surface area (Å²) >= 11 is 0. The van der Waals surface area contributed by atoms with E-state index in [1.165, 1.54) is 12.1 Å². The van der Waals surface area contributed by atoms with Crippen LogP contribution in [-0.4, -0.2) is 16.1 Å². The highest BCUT2D eigenvalue weighted by atomic mass is 19.4. The van der Waals surface area contributed by atoms with Crippen LogP contribution in [0.1, 0.15) is 26.3 Å². The van der Waals surface area contributed by atoms with Crippen molar-refractivity contribution < 1.29 is 18.0 Å². The first-order valence-corrected chi connectivity index (χ1v) is 7.15. The molecule has 0 bridgehead atoms. The van der Waals surface area contributed by atoms with Crippen molar-refractivity contribution in [3.63, 3.8) is 0 Å². The highest BCUT2D eigenvalue weighted by Crippen LogP contribution is 2.30. The van der Waals surface area contributed by atoms with E-state index in [1.807, 2.05) is 0 Å². The minimum Gasteiger partial charge on any atom is -0.339 e. The van der Waals surface area contributed by atoms with Gasteiger partial charge in [0.1, 0.15) is 0 Å². The number of alkyl halides is 3. The Labute approximate surface area is 137 Å². The SMILES string of the molecule is CC(C)(C)C(=O)Nc1ccc(Nc2ccc(C(F)(F)F)cc2)nn1. The van der Waals surface area contributed by atoms with Gasteiger partial charge in [0.2, 0.25) is 5.91 Å². The van der Waals surface area contributed by atoms with Crippen molar-refractivity contribution in [1.29, 1.82) is 0 Å². The zero-order valence-electron chi connectivity index (χ0n) is 13.4. The molecule has 0 aliphatic carbocycles. The van der Waals surface area contributed by atoms with Crippen molar-refractivity contribution in [3.05, 3.63) is 42.0 Å². The van der Waals surface area contributed by atoms with Crippen molar-refractivity contribution in [2.75, 3.05) is 10.6 Å². The Morgan fingerprint density at radius 2 is 1.46 bits per heavy atom. The summed E-state index contributed by atoms with van der Waals surface area (Å²) in [7, 11) is 0. The number of halogens is 3. The second kappa shape index (κ2) is 6.46. The van der Waals surface area contributed by atoms with Gasteiger partial charge in [-0.3, -0.25) is 4.79 Å². The summed E-state index contributed by atoms with van der Waals surface area (Å²) in [6, 6.07) is 7.70. The van der Waals surface area contributed by atoms with Gasteiger partial charge in [-0.1, -0.05) is 20.8 Å². The smallest absolute Gasteiger partial charge is 0.339 e. The van der Waals surface area contributed by atoms with E-state index in [2.05, 4.69) is 20.8 Å². The average molecular weight is 338 g/mol. The molecule has 2 N–H and O–H groups in total. The Balaban J connectivity index is 2.03. The van der Waals surface area contributed by atoms with Gasteiger partial charge in [0.25, 0.3) is 0 Å². The highest BCUT2D eigenvalue weighted by Gasteiger charge is 2.29. The molecule has 2 aromatic rings. The van der Waals surface area contributed by atoms with Crippen LogP contribution in [-0.2, 0) is 11.0 Å². The number of nitrogens with zero attached hydrogens (tertiary/aromatic N) is 2. The fourth-order valence-corrected chi connectivity index (χ4v) is 1.66. The molecule has 0 aliphatic heterocycles. The molecule has 0 atom stereocenters. The predicted octanol–water partition coefficient (Wildman–Crippen LogP) is 4.22. The zero-order valence-corrected chi connectivity index (χ0v) is 13.4. The number of rotatable bonds is 3. The summed E-state index contributed by atoms with van der Waals surface area (Å²) in [5.41, 5.74) is -0.832. The van der Waals surface area contributed by atoms with Gasteiger partial charge in [-0.15, -0.1) is 10.2 Å². The lowest BCUT2D eigenvalue weighted by atomic mass is 9.96. The van der Waals surface area contributed by atoms with Crippen molar-refractivity contribution in [2.24, 2.45) is 5.41 Å². The van der Waals surface area contributed by atoms with Crippen LogP contribution in [0.4, 0.5) is 30.5 Å². The number of amides is 1. The van der Waals surface area contributed by atoms with Crippen LogP contribution in [0.2, 0.25) is 0 Å². The van der Waals surface area contributed by atoms with Gasteiger partial charge < -0.3 is 10.6 Å². The number of hydrogen-bond donors (Lipinski definition) is 2. The van der Waals surface area contributed by atoms with E-state index in [0.717, 1.165) is 12.1 Å². The number of nitrogens with one attached hydrogen (secondary N) is 2. The quantitative estimate of drug-likeness (QED) is 0.879. The Bertz CT molecular complexity index is 704. The predicted molar refractivity (Wildman–Crippen MR) is 84.8 cm³/mol. The molecule has 24 heavy (non-hydrogen) atoms. The van der Waals surface area contributed by atoms with Gasteiger partial charge in [0.15, 0.2) is 11.6 Å². The zero-order chi connectivity index (χ0) is 18.0. The molecule has 0 saturated heterocycles. The molecule has 0 saturated carbocycles. The van der Waals surface area contributed by atoms with E-state index in [0.29, 0.717) is 17.3 Å². The van der Waals surface area contributed by atoms with Gasteiger partial charge in [0, 0.05) is 11.1 Å². The van der Waals surface area contributed by atoms with Gasteiger partial charge in [-0.2, -0.15) is 13.2 Å². The molecule has 0 aliphatic rings. The van der Waals surface area contributed by atoms with E-state index >= 15 is 0 Å². The maximum atomic E-state index is 12.5. The summed E-state index contributed by atoms with van der Waals surface area (Å²) in [6.45, 7) is 5.32. The van der Waals surface area contributed by atoms with Crippen LogP contribution >= 0.6 is 0 Å². The van der Waals surface area contributed by atoms with E-state index < -0.39 is 17.2 Å². The van der Waals surface area contributed by atoms with Gasteiger partial charge in [-0.25, -0.2) is 0 Å². The number of carbonyl (C=O) groups excluding carboxylic acids is 1. The van der Waals surface area contributed by atoms with Crippen LogP contribution in [0.25, 0.3) is 0 Å². The van der Waals surface area contributed by atoms with Crippen molar-refractivity contribution in [2.45, 2.75) is 26.9 Å². The first-order valence-electron chi connectivity index (χ1n) is 7.15. The summed E-state index contributed by atoms with van der Waals surface area (Å²) < 4.78 is 37.5. The minimum atomic E-state index is -4.37. The molecule has 0 fully saturated rings. The normalized spacial score (nSPS) is 11.9. The van der Waals surface area contributed by atoms with Crippen LogP contribution in [0.5, 0.6) is 0 Å². The lowest BCUT2D eigenvalue weighted by Crippen LogP contribution is -2.28. The lowest BCUT2D eigenvalue weighted by molar-refractivity contribution is -0.137. The molecule has 0 unspecified atom stereocenters. The van der Waals surface area contributed by atoms with Crippen LogP contribution < -0.4 is 10.6 Å². The highest BCUT2D eigenvalue weighted by molar-refractivity contribution is 5.93. The molecule has 1 amide bonds. The van der Waals surface area contributed by atoms with Crippen molar-refractivity contribution in [3.8, 4) is 0 Å². The van der Waals surface area contributed by atoms with Crippen molar-refractivity contribution in [1.82, 2.24) is 10.2 Å². The largest absolute Gasteiger partial charge is 0.416 e. The first kappa shape index (κ1) is 17.7. The third-order valence-electron chi connectivity index (χ3n) is 3.07. The number of aromatic nitrogens is 2. The molecule has 1 heterocycles. The third-order valence-corrected chi connectivity index (χ3v) is 3.07. The molecule has 5 nitrogen and oxygen atoms in total. The number of carbonyl (C=O) groups is 1. The molecule has 0 radical (unpaired) electrons. The fourth-order valence-electron chi connectivity index (χ4n) is 1.66. The molecule has 128 valence electrons. The van der Waals surface area contributed by atoms with E-state index in [4.69, 9.17) is 0 Å². The fraction of sp³-hybridized carbons (Fsp3) is 0.312. The standard InChI is InChI=1S/C16H17F3N4O/c1-15(2,3)14(24)21-13-9-8-12(22-23-13)20-11-6-4-10(5-7-11)16(17,18)19/h4-9H,1-3H3,(H,20,22)(H,21,23,24). The molecular weight excluding hydrogens is 321 g/mol. The topological polar surface area (TPSA) is 66.9 Å². The van der Waals surface area contributed by atoms with Gasteiger partial charge in [-0.05, 0) is 36.4 Å². The Morgan fingerprint density at radius 3 is 1.92 bits per heavy atom. The molecule has 1 aromatic carbocycles. The number of anilines is 3. The second-order valence-corrected chi connectivity index (χ2v) is 6.21. The lowest BCUT2D eigenvalue weighted by Gasteiger charge is -2.16.